The number of aryl methyl sites for hydroxylation is 2. The maximum atomic E-state index is 12.6. The Balaban J connectivity index is 1.70. The van der Waals surface area contributed by atoms with E-state index < -0.39 is 0 Å². The second-order valence-corrected chi connectivity index (χ2v) is 7.01. The number of carbonyl (C=O) groups is 1. The number of carbonyl (C=O) groups excluding carboxylic acids is 1. The smallest absolute Gasteiger partial charge is 0.261 e. The number of amides is 1. The standard InChI is InChI=1S/C17H13ClN4OS/c1-9-7-10(2)22-6-5-12(15(22)19-9)16(23)21-17-20-13-8-11(18)3-4-14(13)24-17/h3-8H,1-2H3,(H,20,21,23). The third-order valence-corrected chi connectivity index (χ3v) is 4.94. The lowest BCUT2D eigenvalue weighted by Crippen LogP contribution is -2.12. The van der Waals surface area contributed by atoms with Crippen molar-refractivity contribution in [2.75, 3.05) is 5.32 Å². The fourth-order valence-electron chi connectivity index (χ4n) is 2.69. The molecule has 0 spiro atoms. The number of halogens is 1. The molecular formula is C17H13ClN4OS. The van der Waals surface area contributed by atoms with Crippen molar-refractivity contribution >= 4 is 49.8 Å². The molecule has 120 valence electrons. The van der Waals surface area contributed by atoms with E-state index in [1.165, 1.54) is 11.3 Å². The minimum atomic E-state index is -0.222. The highest BCUT2D eigenvalue weighted by Crippen LogP contribution is 2.28. The largest absolute Gasteiger partial charge is 0.305 e. The van der Waals surface area contributed by atoms with Gasteiger partial charge in [-0.25, -0.2) is 9.97 Å². The molecule has 1 N–H and O–H groups in total. The van der Waals surface area contributed by atoms with Crippen LogP contribution >= 0.6 is 22.9 Å². The molecule has 0 saturated heterocycles. The molecule has 5 nitrogen and oxygen atoms in total. The van der Waals surface area contributed by atoms with Crippen molar-refractivity contribution in [1.82, 2.24) is 14.4 Å². The number of thiazole rings is 1. The maximum Gasteiger partial charge on any atom is 0.261 e. The minimum absolute atomic E-state index is 0.222. The Labute approximate surface area is 146 Å². The van der Waals surface area contributed by atoms with E-state index >= 15 is 0 Å². The van der Waals surface area contributed by atoms with E-state index in [4.69, 9.17) is 11.6 Å². The van der Waals surface area contributed by atoms with E-state index in [-0.39, 0.29) is 5.91 Å². The molecule has 3 aromatic heterocycles. The molecule has 0 aliphatic heterocycles. The fraction of sp³-hybridized carbons (Fsp3) is 0.118. The van der Waals surface area contributed by atoms with E-state index in [0.717, 1.165) is 21.6 Å². The van der Waals surface area contributed by atoms with Gasteiger partial charge in [0.2, 0.25) is 0 Å². The molecule has 0 aliphatic carbocycles. The second-order valence-electron chi connectivity index (χ2n) is 5.55. The van der Waals surface area contributed by atoms with Crippen LogP contribution in [-0.4, -0.2) is 20.3 Å². The average Bonchev–Trinajstić information content (AvgIpc) is 3.10. The summed E-state index contributed by atoms with van der Waals surface area (Å²) in [5, 5.41) is 4.02. The van der Waals surface area contributed by atoms with Crippen LogP contribution in [0.15, 0.2) is 36.5 Å². The number of fused-ring (bicyclic) bond motifs is 2. The first-order valence-corrected chi connectivity index (χ1v) is 8.53. The summed E-state index contributed by atoms with van der Waals surface area (Å²) in [6, 6.07) is 9.24. The fourth-order valence-corrected chi connectivity index (χ4v) is 3.70. The highest BCUT2D eigenvalue weighted by Gasteiger charge is 2.16. The lowest BCUT2D eigenvalue weighted by molar-refractivity contribution is 0.102. The van der Waals surface area contributed by atoms with Crippen molar-refractivity contribution < 1.29 is 4.79 Å². The van der Waals surface area contributed by atoms with E-state index in [0.29, 0.717) is 21.4 Å². The number of nitrogens with zero attached hydrogens (tertiary/aromatic N) is 3. The normalized spacial score (nSPS) is 11.3. The molecule has 0 bridgehead atoms. The molecule has 3 heterocycles. The first-order chi connectivity index (χ1) is 11.5. The summed E-state index contributed by atoms with van der Waals surface area (Å²) >= 11 is 7.39. The van der Waals surface area contributed by atoms with Gasteiger partial charge in [-0.15, -0.1) is 0 Å². The summed E-state index contributed by atoms with van der Waals surface area (Å²) in [6.07, 6.45) is 1.85. The first kappa shape index (κ1) is 15.1. The summed E-state index contributed by atoms with van der Waals surface area (Å²) in [4.78, 5) is 21.5. The molecule has 0 saturated carbocycles. The molecular weight excluding hydrogens is 344 g/mol. The van der Waals surface area contributed by atoms with Crippen molar-refractivity contribution in [3.05, 3.63) is 58.5 Å². The number of rotatable bonds is 2. The molecule has 0 unspecified atom stereocenters. The van der Waals surface area contributed by atoms with Crippen LogP contribution in [-0.2, 0) is 0 Å². The predicted octanol–water partition coefficient (Wildman–Crippen LogP) is 4.47. The minimum Gasteiger partial charge on any atom is -0.305 e. The molecule has 4 rings (SSSR count). The van der Waals surface area contributed by atoms with Crippen LogP contribution < -0.4 is 5.32 Å². The number of hydrogen-bond acceptors (Lipinski definition) is 4. The van der Waals surface area contributed by atoms with Gasteiger partial charge in [0, 0.05) is 22.6 Å². The highest BCUT2D eigenvalue weighted by molar-refractivity contribution is 7.22. The van der Waals surface area contributed by atoms with Gasteiger partial charge < -0.3 is 4.40 Å². The Kier molecular flexibility index (Phi) is 3.51. The van der Waals surface area contributed by atoms with Gasteiger partial charge in [0.05, 0.1) is 15.8 Å². The van der Waals surface area contributed by atoms with E-state index in [1.54, 1.807) is 12.1 Å². The Bertz CT molecular complexity index is 1100. The van der Waals surface area contributed by atoms with Crippen molar-refractivity contribution in [3.63, 3.8) is 0 Å². The van der Waals surface area contributed by atoms with Crippen molar-refractivity contribution in [1.29, 1.82) is 0 Å². The summed E-state index contributed by atoms with van der Waals surface area (Å²) in [5.41, 5.74) is 3.86. The summed E-state index contributed by atoms with van der Waals surface area (Å²) in [7, 11) is 0. The lowest BCUT2D eigenvalue weighted by atomic mass is 10.3. The van der Waals surface area contributed by atoms with Gasteiger partial charge in [-0.05, 0) is 44.2 Å². The number of aromatic nitrogens is 3. The van der Waals surface area contributed by atoms with Gasteiger partial charge in [-0.1, -0.05) is 22.9 Å². The van der Waals surface area contributed by atoms with Crippen LogP contribution in [0.2, 0.25) is 5.02 Å². The lowest BCUT2D eigenvalue weighted by Gasteiger charge is -2.04. The number of nitrogens with one attached hydrogen (secondary N) is 1. The topological polar surface area (TPSA) is 59.3 Å². The molecule has 4 aromatic rings. The van der Waals surface area contributed by atoms with Gasteiger partial charge in [0.25, 0.3) is 5.91 Å². The maximum absolute atomic E-state index is 12.6. The Morgan fingerprint density at radius 3 is 2.88 bits per heavy atom. The average molecular weight is 357 g/mol. The number of anilines is 1. The summed E-state index contributed by atoms with van der Waals surface area (Å²) in [5.74, 6) is -0.222. The molecule has 7 heteroatoms. The van der Waals surface area contributed by atoms with E-state index in [9.17, 15) is 4.79 Å². The molecule has 1 amide bonds. The molecule has 0 fully saturated rings. The highest BCUT2D eigenvalue weighted by atomic mass is 35.5. The Morgan fingerprint density at radius 1 is 1.21 bits per heavy atom. The Morgan fingerprint density at radius 2 is 2.04 bits per heavy atom. The molecule has 0 aliphatic rings. The van der Waals surface area contributed by atoms with Crippen molar-refractivity contribution in [3.8, 4) is 0 Å². The molecule has 0 radical (unpaired) electrons. The van der Waals surface area contributed by atoms with E-state index in [2.05, 4.69) is 15.3 Å². The van der Waals surface area contributed by atoms with Gasteiger partial charge in [-0.2, -0.15) is 0 Å². The summed E-state index contributed by atoms with van der Waals surface area (Å²) in [6.45, 7) is 3.90. The second kappa shape index (κ2) is 5.58. The van der Waals surface area contributed by atoms with Gasteiger partial charge >= 0.3 is 0 Å². The Hall–Kier alpha value is -2.44. The van der Waals surface area contributed by atoms with Crippen molar-refractivity contribution in [2.45, 2.75) is 13.8 Å². The molecule has 24 heavy (non-hydrogen) atoms. The predicted molar refractivity (Wildman–Crippen MR) is 97.2 cm³/mol. The SMILES string of the molecule is Cc1cc(C)n2ccc(C(=O)Nc3nc4cc(Cl)ccc4s3)c2n1. The quantitative estimate of drug-likeness (QED) is 0.576. The monoisotopic (exact) mass is 356 g/mol. The van der Waals surface area contributed by atoms with Gasteiger partial charge in [0.1, 0.15) is 5.65 Å². The number of hydrogen-bond donors (Lipinski definition) is 1. The zero-order valence-electron chi connectivity index (χ0n) is 13.0. The third kappa shape index (κ3) is 2.53. The summed E-state index contributed by atoms with van der Waals surface area (Å²) < 4.78 is 2.88. The zero-order valence-corrected chi connectivity index (χ0v) is 14.6. The molecule has 0 atom stereocenters. The van der Waals surface area contributed by atoms with Gasteiger partial charge in [0.15, 0.2) is 5.13 Å². The van der Waals surface area contributed by atoms with Crippen LogP contribution in [0, 0.1) is 13.8 Å². The van der Waals surface area contributed by atoms with Crippen LogP contribution in [0.4, 0.5) is 5.13 Å². The van der Waals surface area contributed by atoms with Gasteiger partial charge in [-0.3, -0.25) is 10.1 Å². The number of benzene rings is 1. The van der Waals surface area contributed by atoms with E-state index in [1.807, 2.05) is 42.6 Å². The van der Waals surface area contributed by atoms with Crippen LogP contribution in [0.25, 0.3) is 15.9 Å². The van der Waals surface area contributed by atoms with Crippen LogP contribution in [0.5, 0.6) is 0 Å². The third-order valence-electron chi connectivity index (χ3n) is 3.75. The molecule has 1 aromatic carbocycles. The van der Waals surface area contributed by atoms with Crippen LogP contribution in [0.1, 0.15) is 21.7 Å². The van der Waals surface area contributed by atoms with Crippen molar-refractivity contribution in [2.24, 2.45) is 0 Å². The van der Waals surface area contributed by atoms with Crippen LogP contribution in [0.3, 0.4) is 0 Å². The first-order valence-electron chi connectivity index (χ1n) is 7.34. The zero-order chi connectivity index (χ0) is 16.8.